The van der Waals surface area contributed by atoms with E-state index < -0.39 is 0 Å². The van der Waals surface area contributed by atoms with Crippen molar-refractivity contribution >= 4 is 12.4 Å². The Morgan fingerprint density at radius 1 is 1.18 bits per heavy atom. The predicted octanol–water partition coefficient (Wildman–Crippen LogP) is 3.04. The van der Waals surface area contributed by atoms with Gasteiger partial charge in [-0.05, 0) is 18.1 Å². The van der Waals surface area contributed by atoms with Crippen molar-refractivity contribution in [3.05, 3.63) is 11.6 Å². The summed E-state index contributed by atoms with van der Waals surface area (Å²) >= 11 is 0. The highest BCUT2D eigenvalue weighted by atomic mass is 14.3. The maximum absolute atomic E-state index is 6.77. The summed E-state index contributed by atoms with van der Waals surface area (Å²) in [6.07, 6.45) is 6.17. The van der Waals surface area contributed by atoms with Gasteiger partial charge in [-0.1, -0.05) is 27.2 Å². The van der Waals surface area contributed by atoms with E-state index >= 15 is 0 Å². The van der Waals surface area contributed by atoms with Crippen LogP contribution in [0.1, 0.15) is 33.6 Å². The van der Waals surface area contributed by atoms with Crippen LogP contribution in [-0.2, 0) is 0 Å². The van der Waals surface area contributed by atoms with E-state index in [2.05, 4.69) is 13.8 Å². The Hall–Kier alpha value is -0.920. The topological polar surface area (TPSA) is 47.7 Å². The molecule has 0 atom stereocenters. The van der Waals surface area contributed by atoms with Gasteiger partial charge >= 0.3 is 0 Å². The van der Waals surface area contributed by atoms with E-state index in [4.69, 9.17) is 10.8 Å². The van der Waals surface area contributed by atoms with Crippen molar-refractivity contribution in [2.75, 3.05) is 0 Å². The first-order chi connectivity index (χ1) is 5.26. The van der Waals surface area contributed by atoms with Crippen molar-refractivity contribution < 1.29 is 0 Å². The quantitative estimate of drug-likeness (QED) is 0.587. The Labute approximate surface area is 69.3 Å². The summed E-state index contributed by atoms with van der Waals surface area (Å²) in [4.78, 5) is 0. The molecular formula is C9H18N2. The largest absolute Gasteiger partial charge is 0.309 e. The lowest BCUT2D eigenvalue weighted by molar-refractivity contribution is 1.09. The van der Waals surface area contributed by atoms with Crippen LogP contribution >= 0.6 is 0 Å². The highest BCUT2D eigenvalue weighted by Gasteiger charge is 1.81. The Kier molecular flexibility index (Phi) is 13.7. The van der Waals surface area contributed by atoms with Gasteiger partial charge in [0.05, 0.1) is 0 Å². The fraction of sp³-hybridized carbons (Fsp3) is 0.556. The molecule has 2 nitrogen and oxygen atoms in total. The molecule has 11 heavy (non-hydrogen) atoms. The summed E-state index contributed by atoms with van der Waals surface area (Å²) in [6.45, 7) is 6.21. The molecule has 64 valence electrons. The lowest BCUT2D eigenvalue weighted by atomic mass is 10.2. The van der Waals surface area contributed by atoms with Gasteiger partial charge in [0.2, 0.25) is 0 Å². The van der Waals surface area contributed by atoms with Crippen LogP contribution in [0.3, 0.4) is 0 Å². The second-order valence-electron chi connectivity index (χ2n) is 2.11. The molecule has 0 bridgehead atoms. The molecule has 0 aromatic rings. The normalized spacial score (nSPS) is 9.55. The summed E-state index contributed by atoms with van der Waals surface area (Å²) in [5, 5.41) is 13.4. The molecule has 0 unspecified atom stereocenters. The lowest BCUT2D eigenvalue weighted by Crippen LogP contribution is -1.79. The third kappa shape index (κ3) is 12.3. The van der Waals surface area contributed by atoms with Crippen LogP contribution in [0.5, 0.6) is 0 Å². The van der Waals surface area contributed by atoms with Gasteiger partial charge in [0.15, 0.2) is 0 Å². The zero-order chi connectivity index (χ0) is 9.11. The van der Waals surface area contributed by atoms with Crippen LogP contribution in [0.25, 0.3) is 0 Å². The first kappa shape index (κ1) is 12.7. The molecule has 0 saturated heterocycles. The fourth-order valence-electron chi connectivity index (χ4n) is 0.375. The van der Waals surface area contributed by atoms with Gasteiger partial charge in [0.25, 0.3) is 0 Å². The molecule has 2 N–H and O–H groups in total. The van der Waals surface area contributed by atoms with Crippen LogP contribution in [-0.4, -0.2) is 12.4 Å². The minimum atomic E-state index is 0.832. The predicted molar refractivity (Wildman–Crippen MR) is 51.9 cm³/mol. The van der Waals surface area contributed by atoms with E-state index in [0.717, 1.165) is 12.0 Å². The Bertz CT molecular complexity index is 126. The van der Waals surface area contributed by atoms with E-state index in [0.29, 0.717) is 0 Å². The maximum atomic E-state index is 6.77. The van der Waals surface area contributed by atoms with Gasteiger partial charge < -0.3 is 10.8 Å². The van der Waals surface area contributed by atoms with E-state index in [1.807, 2.05) is 6.92 Å². The molecule has 0 aromatic heterocycles. The summed E-state index contributed by atoms with van der Waals surface area (Å²) in [6, 6.07) is 0. The molecule has 0 radical (unpaired) electrons. The third-order valence-electron chi connectivity index (χ3n) is 0.891. The fourth-order valence-corrected chi connectivity index (χ4v) is 0.375. The molecule has 0 aliphatic carbocycles. The van der Waals surface area contributed by atoms with Crippen LogP contribution < -0.4 is 0 Å². The minimum absolute atomic E-state index is 0.832. The van der Waals surface area contributed by atoms with E-state index in [-0.39, 0.29) is 0 Å². The van der Waals surface area contributed by atoms with Crippen LogP contribution in [0.2, 0.25) is 0 Å². The number of allylic oxidation sites excluding steroid dienone is 2. The van der Waals surface area contributed by atoms with Crippen molar-refractivity contribution in [1.82, 2.24) is 0 Å². The minimum Gasteiger partial charge on any atom is -0.309 e. The third-order valence-corrected chi connectivity index (χ3v) is 0.891. The molecule has 2 heteroatoms. The Morgan fingerprint density at radius 2 is 1.64 bits per heavy atom. The summed E-state index contributed by atoms with van der Waals surface area (Å²) in [5.74, 6) is 0. The van der Waals surface area contributed by atoms with Crippen LogP contribution in [0.15, 0.2) is 11.6 Å². The highest BCUT2D eigenvalue weighted by Crippen LogP contribution is 1.92. The molecule has 0 amide bonds. The number of rotatable bonds is 3. The van der Waals surface area contributed by atoms with E-state index in [9.17, 15) is 0 Å². The molecule has 0 saturated carbocycles. The smallest absolute Gasteiger partial charge is 0.0210 e. The zero-order valence-electron chi connectivity index (χ0n) is 7.65. The van der Waals surface area contributed by atoms with Gasteiger partial charge in [0, 0.05) is 12.4 Å². The van der Waals surface area contributed by atoms with Gasteiger partial charge in [-0.3, -0.25) is 0 Å². The molecule has 0 aliphatic heterocycles. The molecule has 0 rings (SSSR count). The first-order valence-electron chi connectivity index (χ1n) is 3.96. The molecular weight excluding hydrogens is 136 g/mol. The number of nitrogens with one attached hydrogen (secondary N) is 2. The zero-order valence-corrected chi connectivity index (χ0v) is 7.65. The molecule has 0 aromatic carbocycles. The van der Waals surface area contributed by atoms with Crippen molar-refractivity contribution in [2.45, 2.75) is 33.6 Å². The van der Waals surface area contributed by atoms with Gasteiger partial charge in [-0.15, -0.1) is 0 Å². The Balaban J connectivity index is 0. The van der Waals surface area contributed by atoms with Gasteiger partial charge in [-0.2, -0.15) is 0 Å². The van der Waals surface area contributed by atoms with Gasteiger partial charge in [-0.25, -0.2) is 0 Å². The summed E-state index contributed by atoms with van der Waals surface area (Å²) < 4.78 is 0. The second-order valence-corrected chi connectivity index (χ2v) is 2.11. The monoisotopic (exact) mass is 154 g/mol. The molecule has 0 fully saturated rings. The number of hydrogen-bond donors (Lipinski definition) is 2. The lowest BCUT2D eigenvalue weighted by Gasteiger charge is -1.87. The maximum Gasteiger partial charge on any atom is 0.0210 e. The highest BCUT2D eigenvalue weighted by molar-refractivity contribution is 5.83. The first-order valence-corrected chi connectivity index (χ1v) is 3.96. The van der Waals surface area contributed by atoms with Gasteiger partial charge in [0.1, 0.15) is 0 Å². The van der Waals surface area contributed by atoms with Crippen molar-refractivity contribution in [2.24, 2.45) is 0 Å². The van der Waals surface area contributed by atoms with Crippen molar-refractivity contribution in [3.8, 4) is 0 Å². The average molecular weight is 154 g/mol. The Morgan fingerprint density at radius 3 is 1.73 bits per heavy atom. The van der Waals surface area contributed by atoms with E-state index in [1.165, 1.54) is 18.9 Å². The van der Waals surface area contributed by atoms with Crippen LogP contribution in [0, 0.1) is 10.8 Å². The standard InChI is InChI=1S/C6H10N2.C3H8/c1-2-6(5-8)3-4-7;1-3-2/h3-5,7-8H,2H2,1H3;3H2,1-2H3/b6-3-,7-4?,8-5?;. The van der Waals surface area contributed by atoms with E-state index in [1.54, 1.807) is 6.08 Å². The SMILES string of the molecule is CC/C(C=N)=C/C=N.CCC. The molecule has 0 aliphatic rings. The summed E-state index contributed by atoms with van der Waals surface area (Å²) in [5.41, 5.74) is 0.889. The van der Waals surface area contributed by atoms with Crippen LogP contribution in [0.4, 0.5) is 0 Å². The van der Waals surface area contributed by atoms with Crippen molar-refractivity contribution in [1.29, 1.82) is 10.8 Å². The van der Waals surface area contributed by atoms with Crippen molar-refractivity contribution in [3.63, 3.8) is 0 Å². The molecule has 0 spiro atoms. The average Bonchev–Trinajstić information content (AvgIpc) is 2.02. The number of hydrogen-bond acceptors (Lipinski definition) is 2. The molecule has 0 heterocycles. The summed E-state index contributed by atoms with van der Waals surface area (Å²) in [7, 11) is 0. The second kappa shape index (κ2) is 11.8.